The first kappa shape index (κ1) is 15.8. The first-order valence-electron chi connectivity index (χ1n) is 7.71. The van der Waals surface area contributed by atoms with E-state index in [1.807, 2.05) is 0 Å². The van der Waals surface area contributed by atoms with Crippen LogP contribution in [0.1, 0.15) is 46.1 Å². The van der Waals surface area contributed by atoms with Crippen molar-refractivity contribution in [1.82, 2.24) is 0 Å². The van der Waals surface area contributed by atoms with Gasteiger partial charge in [-0.2, -0.15) is 0 Å². The summed E-state index contributed by atoms with van der Waals surface area (Å²) in [7, 11) is 0. The maximum atomic E-state index is 5.88. The SMILES string of the molecule is CCOC1CC(Nc2ccc(Br)cc2CC)C1(C)CC. The van der Waals surface area contributed by atoms with Gasteiger partial charge in [0.1, 0.15) is 0 Å². The Hall–Kier alpha value is -0.540. The van der Waals surface area contributed by atoms with Gasteiger partial charge in [-0.15, -0.1) is 0 Å². The van der Waals surface area contributed by atoms with Crippen LogP contribution in [0, 0.1) is 5.41 Å². The van der Waals surface area contributed by atoms with Crippen molar-refractivity contribution < 1.29 is 4.74 Å². The number of benzene rings is 1. The van der Waals surface area contributed by atoms with Crippen molar-refractivity contribution in [2.45, 2.75) is 59.1 Å². The lowest BCUT2D eigenvalue weighted by molar-refractivity contribution is -0.109. The summed E-state index contributed by atoms with van der Waals surface area (Å²) in [5, 5.41) is 3.75. The number of nitrogens with one attached hydrogen (secondary N) is 1. The zero-order valence-electron chi connectivity index (χ0n) is 13.0. The minimum atomic E-state index is 0.244. The van der Waals surface area contributed by atoms with E-state index in [1.54, 1.807) is 0 Å². The molecule has 1 fully saturated rings. The summed E-state index contributed by atoms with van der Waals surface area (Å²) < 4.78 is 7.03. The number of anilines is 1. The molecule has 2 nitrogen and oxygen atoms in total. The molecule has 0 bridgehead atoms. The van der Waals surface area contributed by atoms with Crippen LogP contribution in [0.15, 0.2) is 22.7 Å². The van der Waals surface area contributed by atoms with Crippen LogP contribution < -0.4 is 5.32 Å². The van der Waals surface area contributed by atoms with Gasteiger partial charge < -0.3 is 10.1 Å². The van der Waals surface area contributed by atoms with Gasteiger partial charge in [0.25, 0.3) is 0 Å². The third-order valence-corrected chi connectivity index (χ3v) is 5.38. The van der Waals surface area contributed by atoms with Gasteiger partial charge in [-0.1, -0.05) is 36.7 Å². The van der Waals surface area contributed by atoms with Crippen molar-refractivity contribution in [3.05, 3.63) is 28.2 Å². The van der Waals surface area contributed by atoms with Gasteiger partial charge in [-0.05, 0) is 49.9 Å². The van der Waals surface area contributed by atoms with E-state index >= 15 is 0 Å². The molecule has 1 N–H and O–H groups in total. The Balaban J connectivity index is 2.11. The molecule has 112 valence electrons. The molecule has 20 heavy (non-hydrogen) atoms. The maximum absolute atomic E-state index is 5.88. The van der Waals surface area contributed by atoms with Gasteiger partial charge >= 0.3 is 0 Å². The highest BCUT2D eigenvalue weighted by Crippen LogP contribution is 2.47. The largest absolute Gasteiger partial charge is 0.381 e. The molecule has 0 spiro atoms. The predicted octanol–water partition coefficient (Wildman–Crippen LogP) is 5.02. The highest BCUT2D eigenvalue weighted by molar-refractivity contribution is 9.10. The number of halogens is 1. The highest BCUT2D eigenvalue weighted by atomic mass is 79.9. The van der Waals surface area contributed by atoms with Crippen LogP contribution in [0.2, 0.25) is 0 Å². The molecule has 3 atom stereocenters. The first-order valence-corrected chi connectivity index (χ1v) is 8.51. The average Bonchev–Trinajstić information content (AvgIpc) is 2.46. The molecule has 1 aromatic carbocycles. The van der Waals surface area contributed by atoms with Gasteiger partial charge in [0, 0.05) is 28.2 Å². The summed E-state index contributed by atoms with van der Waals surface area (Å²) in [6.07, 6.45) is 3.70. The Bertz CT molecular complexity index is 462. The van der Waals surface area contributed by atoms with Crippen molar-refractivity contribution in [3.63, 3.8) is 0 Å². The van der Waals surface area contributed by atoms with Gasteiger partial charge in [0.15, 0.2) is 0 Å². The third-order valence-electron chi connectivity index (χ3n) is 4.89. The topological polar surface area (TPSA) is 21.3 Å². The van der Waals surface area contributed by atoms with E-state index in [9.17, 15) is 0 Å². The summed E-state index contributed by atoms with van der Waals surface area (Å²) in [6.45, 7) is 9.71. The molecule has 0 radical (unpaired) electrons. The molecule has 0 aromatic heterocycles. The smallest absolute Gasteiger partial charge is 0.0667 e. The van der Waals surface area contributed by atoms with Gasteiger partial charge in [0.2, 0.25) is 0 Å². The molecule has 1 aliphatic carbocycles. The van der Waals surface area contributed by atoms with E-state index in [1.165, 1.54) is 11.3 Å². The van der Waals surface area contributed by atoms with Crippen molar-refractivity contribution in [1.29, 1.82) is 0 Å². The second kappa shape index (κ2) is 6.48. The zero-order chi connectivity index (χ0) is 14.8. The fourth-order valence-corrected chi connectivity index (χ4v) is 3.57. The van der Waals surface area contributed by atoms with Crippen molar-refractivity contribution in [2.75, 3.05) is 11.9 Å². The minimum absolute atomic E-state index is 0.244. The zero-order valence-corrected chi connectivity index (χ0v) is 14.6. The van der Waals surface area contributed by atoms with Crippen LogP contribution in [0.3, 0.4) is 0 Å². The van der Waals surface area contributed by atoms with Gasteiger partial charge in [0.05, 0.1) is 6.10 Å². The van der Waals surface area contributed by atoms with Crippen LogP contribution in [-0.4, -0.2) is 18.8 Å². The fraction of sp³-hybridized carbons (Fsp3) is 0.647. The molecule has 3 unspecified atom stereocenters. The fourth-order valence-electron chi connectivity index (χ4n) is 3.16. The first-order chi connectivity index (χ1) is 9.55. The van der Waals surface area contributed by atoms with E-state index in [-0.39, 0.29) is 5.41 Å². The number of hydrogen-bond donors (Lipinski definition) is 1. The van der Waals surface area contributed by atoms with Crippen molar-refractivity contribution in [2.24, 2.45) is 5.41 Å². The average molecular weight is 340 g/mol. The summed E-state index contributed by atoms with van der Waals surface area (Å²) >= 11 is 3.55. The molecular weight excluding hydrogens is 314 g/mol. The Morgan fingerprint density at radius 1 is 1.35 bits per heavy atom. The molecule has 1 aliphatic rings. The van der Waals surface area contributed by atoms with Gasteiger partial charge in [-0.3, -0.25) is 0 Å². The lowest BCUT2D eigenvalue weighted by Crippen LogP contribution is -2.59. The van der Waals surface area contributed by atoms with Crippen LogP contribution in [0.4, 0.5) is 5.69 Å². The Morgan fingerprint density at radius 3 is 2.70 bits per heavy atom. The molecule has 0 heterocycles. The lowest BCUT2D eigenvalue weighted by atomic mass is 9.61. The summed E-state index contributed by atoms with van der Waals surface area (Å²) in [5.41, 5.74) is 2.89. The number of aryl methyl sites for hydroxylation is 1. The lowest BCUT2D eigenvalue weighted by Gasteiger charge is -2.54. The molecule has 0 amide bonds. The molecule has 1 aromatic rings. The van der Waals surface area contributed by atoms with E-state index in [0.717, 1.165) is 30.3 Å². The summed E-state index contributed by atoms with van der Waals surface area (Å²) in [4.78, 5) is 0. The maximum Gasteiger partial charge on any atom is 0.0667 e. The Kier molecular flexibility index (Phi) is 5.14. The van der Waals surface area contributed by atoms with Crippen molar-refractivity contribution >= 4 is 21.6 Å². The van der Waals surface area contributed by atoms with Crippen LogP contribution in [0.5, 0.6) is 0 Å². The van der Waals surface area contributed by atoms with E-state index in [2.05, 4.69) is 67.1 Å². The summed E-state index contributed by atoms with van der Waals surface area (Å²) in [6, 6.07) is 7.02. The molecule has 0 aliphatic heterocycles. The van der Waals surface area contributed by atoms with E-state index in [0.29, 0.717) is 12.1 Å². The second-order valence-corrected chi connectivity index (χ2v) is 6.81. The van der Waals surface area contributed by atoms with Gasteiger partial charge in [-0.25, -0.2) is 0 Å². The molecule has 1 saturated carbocycles. The van der Waals surface area contributed by atoms with Crippen molar-refractivity contribution in [3.8, 4) is 0 Å². The minimum Gasteiger partial charge on any atom is -0.381 e. The van der Waals surface area contributed by atoms with E-state index in [4.69, 9.17) is 4.74 Å². The quantitative estimate of drug-likeness (QED) is 0.785. The third kappa shape index (κ3) is 2.89. The number of rotatable bonds is 6. The van der Waals surface area contributed by atoms with Crippen LogP contribution in [-0.2, 0) is 11.2 Å². The van der Waals surface area contributed by atoms with Crippen LogP contribution in [0.25, 0.3) is 0 Å². The summed E-state index contributed by atoms with van der Waals surface area (Å²) in [5.74, 6) is 0. The molecule has 2 rings (SSSR count). The normalized spacial score (nSPS) is 29.1. The Morgan fingerprint density at radius 2 is 2.10 bits per heavy atom. The Labute approximate surface area is 131 Å². The highest BCUT2D eigenvalue weighted by Gasteiger charge is 2.51. The monoisotopic (exact) mass is 339 g/mol. The molecule has 3 heteroatoms. The second-order valence-electron chi connectivity index (χ2n) is 5.89. The standard InChI is InChI=1S/C17H26BrNO/c1-5-12-10-13(18)8-9-14(12)19-15-11-16(20-7-3)17(15,4)6-2/h8-10,15-16,19H,5-7,11H2,1-4H3. The van der Waals surface area contributed by atoms with E-state index < -0.39 is 0 Å². The molecule has 0 saturated heterocycles. The number of ether oxygens (including phenoxy) is 1. The predicted molar refractivity (Wildman–Crippen MR) is 89.4 cm³/mol. The number of hydrogen-bond acceptors (Lipinski definition) is 2. The van der Waals surface area contributed by atoms with Crippen LogP contribution >= 0.6 is 15.9 Å². The molecular formula is C17H26BrNO.